The number of H-pyrrole nitrogens is 1. The van der Waals surface area contributed by atoms with Crippen molar-refractivity contribution in [2.45, 2.75) is 13.8 Å². The molecule has 1 fully saturated rings. The number of nitrogens with zero attached hydrogens (tertiary/aromatic N) is 4. The summed E-state index contributed by atoms with van der Waals surface area (Å²) in [6.07, 6.45) is 0. The zero-order chi connectivity index (χ0) is 16.4. The van der Waals surface area contributed by atoms with Gasteiger partial charge in [-0.1, -0.05) is 12.1 Å². The van der Waals surface area contributed by atoms with Gasteiger partial charge in [-0.05, 0) is 26.0 Å². The molecule has 0 saturated carbocycles. The van der Waals surface area contributed by atoms with Crippen LogP contribution in [0.3, 0.4) is 0 Å². The lowest BCUT2D eigenvalue weighted by molar-refractivity contribution is 0.651. The number of hydrogen-bond donors (Lipinski definition) is 3. The quantitative estimate of drug-likeness (QED) is 0.339. The number of aryl methyl sites for hydroxylation is 2. The van der Waals surface area contributed by atoms with Crippen molar-refractivity contribution in [2.24, 2.45) is 16.7 Å². The van der Waals surface area contributed by atoms with Gasteiger partial charge in [0.15, 0.2) is 0 Å². The molecule has 0 atom stereocenters. The van der Waals surface area contributed by atoms with Crippen molar-refractivity contribution in [1.29, 1.82) is 0 Å². The van der Waals surface area contributed by atoms with Gasteiger partial charge in [0.2, 0.25) is 0 Å². The molecule has 0 unspecified atom stereocenters. The number of amidine groups is 1. The fraction of sp³-hybridized carbons (Fsp3) is 0.375. The largest absolute Gasteiger partial charge is 0.382 e. The highest BCUT2D eigenvalue weighted by atomic mass is 15.3. The summed E-state index contributed by atoms with van der Waals surface area (Å²) >= 11 is 0. The normalized spacial score (nSPS) is 16.0. The molecule has 0 radical (unpaired) electrons. The van der Waals surface area contributed by atoms with Crippen molar-refractivity contribution in [3.05, 3.63) is 41.2 Å². The van der Waals surface area contributed by atoms with Gasteiger partial charge in [-0.15, -0.1) is 0 Å². The number of hydrazone groups is 1. The van der Waals surface area contributed by atoms with Crippen molar-refractivity contribution in [3.63, 3.8) is 0 Å². The van der Waals surface area contributed by atoms with Crippen LogP contribution in [0.25, 0.3) is 0 Å². The second kappa shape index (κ2) is 6.20. The molecular formula is C16H23N7. The SMILES string of the molecule is Cc1n[nH]c(C)c1N1CCN(c2cccc(/C(N)=N/N)c2)CC1. The summed E-state index contributed by atoms with van der Waals surface area (Å²) < 4.78 is 0. The van der Waals surface area contributed by atoms with E-state index in [2.05, 4.69) is 38.1 Å². The predicted molar refractivity (Wildman–Crippen MR) is 93.8 cm³/mol. The van der Waals surface area contributed by atoms with E-state index in [1.165, 1.54) is 5.69 Å². The maximum atomic E-state index is 5.80. The Kier molecular flexibility index (Phi) is 4.10. The van der Waals surface area contributed by atoms with Crippen LogP contribution in [0.15, 0.2) is 29.4 Å². The summed E-state index contributed by atoms with van der Waals surface area (Å²) in [5.74, 6) is 5.62. The van der Waals surface area contributed by atoms with Gasteiger partial charge in [-0.25, -0.2) is 0 Å². The first-order chi connectivity index (χ1) is 11.1. The molecule has 0 aliphatic carbocycles. The second-order valence-corrected chi connectivity index (χ2v) is 5.82. The highest BCUT2D eigenvalue weighted by Crippen LogP contribution is 2.25. The number of benzene rings is 1. The maximum Gasteiger partial charge on any atom is 0.150 e. The van der Waals surface area contributed by atoms with E-state index in [4.69, 9.17) is 11.6 Å². The Bertz CT molecular complexity index is 691. The van der Waals surface area contributed by atoms with Crippen molar-refractivity contribution in [1.82, 2.24) is 10.2 Å². The Morgan fingerprint density at radius 2 is 1.87 bits per heavy atom. The highest BCUT2D eigenvalue weighted by Gasteiger charge is 2.21. The van der Waals surface area contributed by atoms with Crippen molar-refractivity contribution >= 4 is 17.2 Å². The Balaban J connectivity index is 1.72. The first kappa shape index (κ1) is 15.2. The number of aromatic nitrogens is 2. The molecule has 1 aliphatic rings. The standard InChI is InChI=1S/C16H23N7/c1-11-15(12(2)21-20-11)23-8-6-22(7-9-23)14-5-3-4-13(10-14)16(17)19-18/h3-5,10H,6-9,18H2,1-2H3,(H2,17,19)(H,20,21). The zero-order valence-corrected chi connectivity index (χ0v) is 13.6. The molecule has 1 aliphatic heterocycles. The van der Waals surface area contributed by atoms with E-state index >= 15 is 0 Å². The van der Waals surface area contributed by atoms with Gasteiger partial charge in [0.05, 0.1) is 17.1 Å². The molecule has 7 nitrogen and oxygen atoms in total. The third-order valence-electron chi connectivity index (χ3n) is 4.33. The van der Waals surface area contributed by atoms with Gasteiger partial charge >= 0.3 is 0 Å². The molecule has 122 valence electrons. The Morgan fingerprint density at radius 3 is 2.48 bits per heavy atom. The second-order valence-electron chi connectivity index (χ2n) is 5.82. The van der Waals surface area contributed by atoms with Crippen LogP contribution >= 0.6 is 0 Å². The summed E-state index contributed by atoms with van der Waals surface area (Å²) in [4.78, 5) is 4.75. The summed E-state index contributed by atoms with van der Waals surface area (Å²) in [5, 5.41) is 10.9. The number of anilines is 2. The third-order valence-corrected chi connectivity index (χ3v) is 4.33. The Morgan fingerprint density at radius 1 is 1.17 bits per heavy atom. The lowest BCUT2D eigenvalue weighted by atomic mass is 10.1. The molecule has 1 aromatic carbocycles. The van der Waals surface area contributed by atoms with E-state index in [1.807, 2.05) is 25.1 Å². The van der Waals surface area contributed by atoms with E-state index in [1.54, 1.807) is 0 Å². The molecule has 1 saturated heterocycles. The molecule has 0 bridgehead atoms. The minimum atomic E-state index is 0.357. The minimum absolute atomic E-state index is 0.357. The topological polar surface area (TPSA) is 99.6 Å². The van der Waals surface area contributed by atoms with Gasteiger partial charge in [0.1, 0.15) is 5.84 Å². The molecule has 0 amide bonds. The first-order valence-electron chi connectivity index (χ1n) is 7.75. The highest BCUT2D eigenvalue weighted by molar-refractivity contribution is 5.98. The number of nitrogens with two attached hydrogens (primary N) is 2. The fourth-order valence-corrected chi connectivity index (χ4v) is 3.14. The van der Waals surface area contributed by atoms with Crippen LogP contribution in [0.1, 0.15) is 17.0 Å². The van der Waals surface area contributed by atoms with E-state index < -0.39 is 0 Å². The molecule has 0 spiro atoms. The summed E-state index contributed by atoms with van der Waals surface area (Å²) in [7, 11) is 0. The average Bonchev–Trinajstić information content (AvgIpc) is 2.93. The summed E-state index contributed by atoms with van der Waals surface area (Å²) in [6, 6.07) is 8.04. The van der Waals surface area contributed by atoms with Crippen LogP contribution in [0, 0.1) is 13.8 Å². The van der Waals surface area contributed by atoms with Crippen LogP contribution < -0.4 is 21.4 Å². The average molecular weight is 313 g/mol. The van der Waals surface area contributed by atoms with Gasteiger partial charge in [-0.2, -0.15) is 10.2 Å². The van der Waals surface area contributed by atoms with E-state index in [9.17, 15) is 0 Å². The maximum absolute atomic E-state index is 5.80. The molecule has 2 aromatic rings. The zero-order valence-electron chi connectivity index (χ0n) is 13.6. The molecular weight excluding hydrogens is 290 g/mol. The predicted octanol–water partition coefficient (Wildman–Crippen LogP) is 0.932. The molecule has 1 aromatic heterocycles. The molecule has 3 rings (SSSR count). The minimum Gasteiger partial charge on any atom is -0.382 e. The fourth-order valence-electron chi connectivity index (χ4n) is 3.14. The summed E-state index contributed by atoms with van der Waals surface area (Å²) in [5.41, 5.74) is 11.2. The van der Waals surface area contributed by atoms with Gasteiger partial charge < -0.3 is 21.4 Å². The molecule has 23 heavy (non-hydrogen) atoms. The van der Waals surface area contributed by atoms with Crippen LogP contribution in [0.2, 0.25) is 0 Å². The Labute approximate surface area is 135 Å². The molecule has 5 N–H and O–H groups in total. The van der Waals surface area contributed by atoms with Crippen LogP contribution in [-0.4, -0.2) is 42.2 Å². The van der Waals surface area contributed by atoms with Crippen LogP contribution in [-0.2, 0) is 0 Å². The summed E-state index contributed by atoms with van der Waals surface area (Å²) in [6.45, 7) is 7.95. The molecule has 2 heterocycles. The Hall–Kier alpha value is -2.70. The van der Waals surface area contributed by atoms with Gasteiger partial charge in [-0.3, -0.25) is 5.10 Å². The van der Waals surface area contributed by atoms with Gasteiger partial charge in [0, 0.05) is 37.4 Å². The third kappa shape index (κ3) is 2.94. The smallest absolute Gasteiger partial charge is 0.150 e. The first-order valence-corrected chi connectivity index (χ1v) is 7.75. The van der Waals surface area contributed by atoms with Crippen LogP contribution in [0.5, 0.6) is 0 Å². The van der Waals surface area contributed by atoms with E-state index in [0.717, 1.165) is 48.8 Å². The number of aromatic amines is 1. The van der Waals surface area contributed by atoms with Crippen molar-refractivity contribution in [3.8, 4) is 0 Å². The van der Waals surface area contributed by atoms with Crippen molar-refractivity contribution < 1.29 is 0 Å². The van der Waals surface area contributed by atoms with Crippen LogP contribution in [0.4, 0.5) is 11.4 Å². The number of hydrogen-bond acceptors (Lipinski definition) is 5. The number of rotatable bonds is 3. The molecule has 7 heteroatoms. The lowest BCUT2D eigenvalue weighted by Crippen LogP contribution is -2.47. The van der Waals surface area contributed by atoms with E-state index in [-0.39, 0.29) is 0 Å². The van der Waals surface area contributed by atoms with E-state index in [0.29, 0.717) is 5.84 Å². The monoisotopic (exact) mass is 313 g/mol. The van der Waals surface area contributed by atoms with Gasteiger partial charge in [0.25, 0.3) is 0 Å². The number of piperazine rings is 1. The number of nitrogens with one attached hydrogen (secondary N) is 1. The van der Waals surface area contributed by atoms with Crippen molar-refractivity contribution in [2.75, 3.05) is 36.0 Å². The lowest BCUT2D eigenvalue weighted by Gasteiger charge is -2.37.